The normalized spacial score (nSPS) is 47.2. The van der Waals surface area contributed by atoms with E-state index in [-0.39, 0.29) is 0 Å². The van der Waals surface area contributed by atoms with Gasteiger partial charge in [-0.05, 0) is 75.7 Å². The van der Waals surface area contributed by atoms with E-state index in [0.29, 0.717) is 0 Å². The molecule has 4 rings (SSSR count). The van der Waals surface area contributed by atoms with Gasteiger partial charge in [0.1, 0.15) is 0 Å². The highest BCUT2D eigenvalue weighted by Crippen LogP contribution is 2.49. The molecule has 0 amide bonds. The van der Waals surface area contributed by atoms with Gasteiger partial charge >= 0.3 is 0 Å². The fraction of sp³-hybridized carbons (Fsp3) is 1.00. The highest BCUT2D eigenvalue weighted by Gasteiger charge is 2.45. The summed E-state index contributed by atoms with van der Waals surface area (Å²) in [6.07, 6.45) is 13.4. The quantitative estimate of drug-likeness (QED) is 0.828. The molecule has 4 fully saturated rings. The molecule has 1 N–H and O–H groups in total. The molecule has 2 nitrogen and oxygen atoms in total. The van der Waals surface area contributed by atoms with Gasteiger partial charge in [0.2, 0.25) is 0 Å². The Morgan fingerprint density at radius 3 is 2.35 bits per heavy atom. The molecule has 0 spiro atoms. The van der Waals surface area contributed by atoms with Crippen molar-refractivity contribution in [1.82, 2.24) is 10.2 Å². The number of piperidine rings is 1. The summed E-state index contributed by atoms with van der Waals surface area (Å²) < 4.78 is 0. The van der Waals surface area contributed by atoms with E-state index in [0.717, 1.165) is 35.9 Å². The van der Waals surface area contributed by atoms with Gasteiger partial charge in [-0.25, -0.2) is 0 Å². The molecule has 0 aromatic carbocycles. The molecule has 2 saturated heterocycles. The molecular weight excluding hydrogens is 244 g/mol. The summed E-state index contributed by atoms with van der Waals surface area (Å²) in [5, 5.41) is 3.79. The van der Waals surface area contributed by atoms with Crippen molar-refractivity contribution in [3.63, 3.8) is 0 Å². The van der Waals surface area contributed by atoms with Crippen molar-refractivity contribution in [3.8, 4) is 0 Å². The second kappa shape index (κ2) is 5.61. The van der Waals surface area contributed by atoms with E-state index in [4.69, 9.17) is 0 Å². The van der Waals surface area contributed by atoms with E-state index in [9.17, 15) is 0 Å². The van der Waals surface area contributed by atoms with Gasteiger partial charge in [-0.1, -0.05) is 13.3 Å². The van der Waals surface area contributed by atoms with Crippen LogP contribution in [0, 0.1) is 17.8 Å². The Balaban J connectivity index is 1.34. The minimum atomic E-state index is 0.823. The highest BCUT2D eigenvalue weighted by atomic mass is 15.2. The largest absolute Gasteiger partial charge is 0.314 e. The van der Waals surface area contributed by atoms with Gasteiger partial charge in [-0.2, -0.15) is 0 Å². The lowest BCUT2D eigenvalue weighted by molar-refractivity contribution is 0.0843. The molecule has 2 saturated carbocycles. The molecule has 2 heteroatoms. The van der Waals surface area contributed by atoms with Crippen molar-refractivity contribution < 1.29 is 0 Å². The average molecular weight is 276 g/mol. The first-order chi connectivity index (χ1) is 9.83. The maximum atomic E-state index is 3.79. The Hall–Kier alpha value is -0.0800. The lowest BCUT2D eigenvalue weighted by atomic mass is 9.87. The second-order valence-electron chi connectivity index (χ2n) is 8.14. The van der Waals surface area contributed by atoms with Crippen LogP contribution >= 0.6 is 0 Å². The van der Waals surface area contributed by atoms with E-state index in [1.807, 2.05) is 0 Å². The van der Waals surface area contributed by atoms with Crippen molar-refractivity contribution in [2.24, 2.45) is 17.8 Å². The fourth-order valence-corrected chi connectivity index (χ4v) is 5.96. The minimum absolute atomic E-state index is 0.823. The molecule has 20 heavy (non-hydrogen) atoms. The van der Waals surface area contributed by atoms with Crippen LogP contribution in [0.3, 0.4) is 0 Å². The maximum Gasteiger partial charge on any atom is 0.0114 e. The average Bonchev–Trinajstić information content (AvgIpc) is 3.12. The smallest absolute Gasteiger partial charge is 0.0114 e. The maximum absolute atomic E-state index is 3.79. The third-order valence-electron chi connectivity index (χ3n) is 6.90. The molecule has 5 unspecified atom stereocenters. The van der Waals surface area contributed by atoms with Crippen LogP contribution in [0.4, 0.5) is 0 Å². The highest BCUT2D eigenvalue weighted by molar-refractivity contribution is 5.00. The monoisotopic (exact) mass is 276 g/mol. The molecule has 4 aliphatic rings. The van der Waals surface area contributed by atoms with Gasteiger partial charge in [0, 0.05) is 24.7 Å². The summed E-state index contributed by atoms with van der Waals surface area (Å²) in [6, 6.07) is 2.66. The zero-order chi connectivity index (χ0) is 13.5. The molecule has 2 aliphatic carbocycles. The van der Waals surface area contributed by atoms with Gasteiger partial charge < -0.3 is 5.32 Å². The van der Waals surface area contributed by atoms with Crippen LogP contribution in [-0.2, 0) is 0 Å². The van der Waals surface area contributed by atoms with E-state index in [1.54, 1.807) is 25.7 Å². The first-order valence-electron chi connectivity index (χ1n) is 9.32. The summed E-state index contributed by atoms with van der Waals surface area (Å²) in [5.74, 6) is 3.29. The molecular formula is C18H32N2. The summed E-state index contributed by atoms with van der Waals surface area (Å²) >= 11 is 0. The van der Waals surface area contributed by atoms with E-state index >= 15 is 0 Å². The number of hydrogen-bond donors (Lipinski definition) is 1. The Kier molecular flexibility index (Phi) is 3.80. The Labute approximate surface area is 124 Å². The molecule has 4 bridgehead atoms. The van der Waals surface area contributed by atoms with Gasteiger partial charge in [0.15, 0.2) is 0 Å². The van der Waals surface area contributed by atoms with Crippen molar-refractivity contribution >= 4 is 0 Å². The third-order valence-corrected chi connectivity index (χ3v) is 6.90. The van der Waals surface area contributed by atoms with Crippen molar-refractivity contribution in [3.05, 3.63) is 0 Å². The first-order valence-corrected chi connectivity index (χ1v) is 9.32. The zero-order valence-corrected chi connectivity index (χ0v) is 13.2. The molecule has 114 valence electrons. The van der Waals surface area contributed by atoms with Crippen molar-refractivity contribution in [1.29, 1.82) is 0 Å². The number of hydrogen-bond acceptors (Lipinski definition) is 2. The molecule has 2 aliphatic heterocycles. The lowest BCUT2D eigenvalue weighted by Gasteiger charge is -2.41. The third kappa shape index (κ3) is 2.43. The summed E-state index contributed by atoms with van der Waals surface area (Å²) in [6.45, 7) is 4.96. The van der Waals surface area contributed by atoms with Crippen LogP contribution in [0.15, 0.2) is 0 Å². The van der Waals surface area contributed by atoms with Crippen LogP contribution < -0.4 is 5.32 Å². The SMILES string of the molecule is CCCNC1CC2CCC(C1)N2CC1CC2CCC1C2. The van der Waals surface area contributed by atoms with E-state index in [2.05, 4.69) is 17.1 Å². The Morgan fingerprint density at radius 1 is 0.950 bits per heavy atom. The fourth-order valence-electron chi connectivity index (χ4n) is 5.96. The lowest BCUT2D eigenvalue weighted by Crippen LogP contribution is -2.50. The molecule has 2 heterocycles. The Bertz CT molecular complexity index is 328. The Morgan fingerprint density at radius 2 is 1.75 bits per heavy atom. The van der Waals surface area contributed by atoms with Crippen LogP contribution in [0.2, 0.25) is 0 Å². The second-order valence-corrected chi connectivity index (χ2v) is 8.14. The van der Waals surface area contributed by atoms with Gasteiger partial charge in [-0.3, -0.25) is 4.90 Å². The van der Waals surface area contributed by atoms with Crippen molar-refractivity contribution in [2.75, 3.05) is 13.1 Å². The number of nitrogens with zero attached hydrogens (tertiary/aromatic N) is 1. The van der Waals surface area contributed by atoms with Crippen LogP contribution in [0.25, 0.3) is 0 Å². The molecule has 0 aromatic rings. The molecule has 0 radical (unpaired) electrons. The molecule has 5 atom stereocenters. The van der Waals surface area contributed by atoms with Gasteiger partial charge in [0.05, 0.1) is 0 Å². The number of rotatable bonds is 5. The summed E-state index contributed by atoms with van der Waals surface area (Å²) in [7, 11) is 0. The predicted octanol–water partition coefficient (Wildman–Crippen LogP) is 3.42. The van der Waals surface area contributed by atoms with E-state index < -0.39 is 0 Å². The topological polar surface area (TPSA) is 15.3 Å². The van der Waals surface area contributed by atoms with Crippen molar-refractivity contribution in [2.45, 2.75) is 82.8 Å². The van der Waals surface area contributed by atoms with E-state index in [1.165, 1.54) is 45.2 Å². The summed E-state index contributed by atoms with van der Waals surface area (Å²) in [5.41, 5.74) is 0. The predicted molar refractivity (Wildman–Crippen MR) is 83.8 cm³/mol. The zero-order valence-electron chi connectivity index (χ0n) is 13.2. The van der Waals surface area contributed by atoms with Crippen LogP contribution in [0.5, 0.6) is 0 Å². The standard InChI is InChI=1S/C18H32N2/c1-2-7-19-16-10-17-5-6-18(11-16)20(17)12-15-9-13-3-4-14(15)8-13/h13-19H,2-12H2,1H3. The van der Waals surface area contributed by atoms with Gasteiger partial charge in [-0.15, -0.1) is 0 Å². The summed E-state index contributed by atoms with van der Waals surface area (Å²) in [4.78, 5) is 2.95. The minimum Gasteiger partial charge on any atom is -0.314 e. The molecule has 0 aromatic heterocycles. The number of nitrogens with one attached hydrogen (secondary N) is 1. The number of fused-ring (bicyclic) bond motifs is 4. The van der Waals surface area contributed by atoms with Crippen LogP contribution in [-0.4, -0.2) is 36.1 Å². The van der Waals surface area contributed by atoms with Crippen LogP contribution in [0.1, 0.15) is 64.7 Å². The van der Waals surface area contributed by atoms with Gasteiger partial charge in [0.25, 0.3) is 0 Å². The first kappa shape index (κ1) is 13.6.